The number of benzene rings is 1. The van der Waals surface area contributed by atoms with E-state index in [1.807, 2.05) is 0 Å². The van der Waals surface area contributed by atoms with E-state index >= 15 is 0 Å². The minimum absolute atomic E-state index is 0.244. The molecule has 6 heteroatoms. The molecule has 128 valence electrons. The highest BCUT2D eigenvalue weighted by atomic mass is 32.1. The maximum Gasteiger partial charge on any atom is 0.186 e. The second-order valence-corrected chi connectivity index (χ2v) is 7.56. The summed E-state index contributed by atoms with van der Waals surface area (Å²) in [6, 6.07) is 8.40. The Morgan fingerprint density at radius 1 is 1.21 bits per heavy atom. The van der Waals surface area contributed by atoms with E-state index in [0.29, 0.717) is 0 Å². The number of hydrogen-bond acceptors (Lipinski definition) is 6. The molecule has 2 aliphatic rings. The van der Waals surface area contributed by atoms with Crippen LogP contribution in [-0.4, -0.2) is 54.4 Å². The van der Waals surface area contributed by atoms with Gasteiger partial charge < -0.3 is 9.74 Å². The summed E-state index contributed by atoms with van der Waals surface area (Å²) in [4.78, 5) is 15.3. The summed E-state index contributed by atoms with van der Waals surface area (Å²) in [5.41, 5.74) is 2.31. The molecule has 3 heterocycles. The largest absolute Gasteiger partial charge is 0.391 e. The van der Waals surface area contributed by atoms with E-state index in [-0.39, 0.29) is 6.10 Å². The molecule has 1 saturated heterocycles. The van der Waals surface area contributed by atoms with Gasteiger partial charge in [0, 0.05) is 39.1 Å². The van der Waals surface area contributed by atoms with E-state index in [2.05, 4.69) is 46.1 Å². The Labute approximate surface area is 146 Å². The Kier molecular flexibility index (Phi) is 4.67. The first-order valence-electron chi connectivity index (χ1n) is 8.86. The standard InChI is InChI=1S/C18H24N4OS/c1-2-14-12-15(23-20-14)13-21-8-5-9-22(11-10-21)18-19-16-6-3-4-7-17(16)24-18/h3-4,6-7,15H,2,5,8-13H2,1H3/t15-/m1/s1. The number of thiazole rings is 1. The van der Waals surface area contributed by atoms with E-state index in [0.717, 1.165) is 56.2 Å². The molecule has 0 spiro atoms. The van der Waals surface area contributed by atoms with Crippen LogP contribution in [0.1, 0.15) is 26.2 Å². The summed E-state index contributed by atoms with van der Waals surface area (Å²) in [5, 5.41) is 5.34. The monoisotopic (exact) mass is 344 g/mol. The quantitative estimate of drug-likeness (QED) is 0.853. The third-order valence-electron chi connectivity index (χ3n) is 4.81. The van der Waals surface area contributed by atoms with Crippen molar-refractivity contribution in [2.24, 2.45) is 5.16 Å². The number of rotatable bonds is 4. The molecule has 2 aromatic rings. The molecule has 1 fully saturated rings. The van der Waals surface area contributed by atoms with Gasteiger partial charge in [0.05, 0.1) is 15.9 Å². The first-order chi connectivity index (χ1) is 11.8. The molecule has 0 unspecified atom stereocenters. The van der Waals surface area contributed by atoms with Crippen LogP contribution in [0, 0.1) is 0 Å². The van der Waals surface area contributed by atoms with Crippen LogP contribution in [0.5, 0.6) is 0 Å². The van der Waals surface area contributed by atoms with E-state index in [4.69, 9.17) is 9.82 Å². The van der Waals surface area contributed by atoms with Gasteiger partial charge in [0.25, 0.3) is 0 Å². The zero-order valence-corrected chi connectivity index (χ0v) is 15.0. The van der Waals surface area contributed by atoms with Crippen molar-refractivity contribution in [3.05, 3.63) is 24.3 Å². The number of anilines is 1. The van der Waals surface area contributed by atoms with Gasteiger partial charge in [-0.1, -0.05) is 35.5 Å². The zero-order valence-electron chi connectivity index (χ0n) is 14.1. The first-order valence-corrected chi connectivity index (χ1v) is 9.68. The number of para-hydroxylation sites is 1. The molecule has 1 atom stereocenters. The van der Waals surface area contributed by atoms with Gasteiger partial charge in [-0.15, -0.1) is 0 Å². The van der Waals surface area contributed by atoms with Crippen LogP contribution in [0.25, 0.3) is 10.2 Å². The second-order valence-electron chi connectivity index (χ2n) is 6.55. The summed E-state index contributed by atoms with van der Waals surface area (Å²) in [7, 11) is 0. The number of aromatic nitrogens is 1. The topological polar surface area (TPSA) is 41.0 Å². The van der Waals surface area contributed by atoms with Gasteiger partial charge in [0.15, 0.2) is 5.13 Å². The molecule has 0 N–H and O–H groups in total. The Bertz CT molecular complexity index is 696. The predicted molar refractivity (Wildman–Crippen MR) is 100 cm³/mol. The molecule has 24 heavy (non-hydrogen) atoms. The molecule has 4 rings (SSSR count). The van der Waals surface area contributed by atoms with Gasteiger partial charge >= 0.3 is 0 Å². The number of oxime groups is 1. The van der Waals surface area contributed by atoms with E-state index in [9.17, 15) is 0 Å². The lowest BCUT2D eigenvalue weighted by Crippen LogP contribution is -2.36. The van der Waals surface area contributed by atoms with E-state index in [1.165, 1.54) is 16.8 Å². The van der Waals surface area contributed by atoms with Crippen LogP contribution in [0.15, 0.2) is 29.4 Å². The number of hydrogen-bond donors (Lipinski definition) is 0. The van der Waals surface area contributed by atoms with Crippen LogP contribution in [0.4, 0.5) is 5.13 Å². The normalized spacial score (nSPS) is 22.5. The average molecular weight is 344 g/mol. The zero-order chi connectivity index (χ0) is 16.4. The highest BCUT2D eigenvalue weighted by Gasteiger charge is 2.24. The van der Waals surface area contributed by atoms with E-state index in [1.54, 1.807) is 11.3 Å². The lowest BCUT2D eigenvalue weighted by atomic mass is 10.1. The van der Waals surface area contributed by atoms with Crippen molar-refractivity contribution in [3.8, 4) is 0 Å². The molecule has 1 aromatic carbocycles. The van der Waals surface area contributed by atoms with Crippen LogP contribution in [0.3, 0.4) is 0 Å². The minimum Gasteiger partial charge on any atom is -0.391 e. The fraction of sp³-hybridized carbons (Fsp3) is 0.556. The molecule has 0 bridgehead atoms. The molecule has 0 aliphatic carbocycles. The molecule has 5 nitrogen and oxygen atoms in total. The number of fused-ring (bicyclic) bond motifs is 1. The van der Waals surface area contributed by atoms with Crippen molar-refractivity contribution >= 4 is 32.4 Å². The molecule has 0 amide bonds. The highest BCUT2D eigenvalue weighted by Crippen LogP contribution is 2.29. The van der Waals surface area contributed by atoms with Crippen molar-refractivity contribution in [3.63, 3.8) is 0 Å². The average Bonchev–Trinajstić information content (AvgIpc) is 3.17. The van der Waals surface area contributed by atoms with E-state index < -0.39 is 0 Å². The summed E-state index contributed by atoms with van der Waals surface area (Å²) >= 11 is 1.80. The van der Waals surface area contributed by atoms with Gasteiger partial charge in [0.1, 0.15) is 6.10 Å². The lowest BCUT2D eigenvalue weighted by molar-refractivity contribution is 0.0544. The van der Waals surface area contributed by atoms with Crippen molar-refractivity contribution in [1.82, 2.24) is 9.88 Å². The van der Waals surface area contributed by atoms with Crippen molar-refractivity contribution < 1.29 is 4.84 Å². The summed E-state index contributed by atoms with van der Waals surface area (Å²) < 4.78 is 1.28. The summed E-state index contributed by atoms with van der Waals surface area (Å²) in [6.07, 6.45) is 3.41. The Morgan fingerprint density at radius 2 is 2.12 bits per heavy atom. The third kappa shape index (κ3) is 3.39. The van der Waals surface area contributed by atoms with Crippen LogP contribution in [0.2, 0.25) is 0 Å². The van der Waals surface area contributed by atoms with Gasteiger partial charge in [-0.25, -0.2) is 4.98 Å². The van der Waals surface area contributed by atoms with Crippen molar-refractivity contribution in [2.75, 3.05) is 37.6 Å². The smallest absolute Gasteiger partial charge is 0.186 e. The molecule has 0 saturated carbocycles. The maximum atomic E-state index is 5.57. The van der Waals surface area contributed by atoms with Crippen LogP contribution < -0.4 is 4.90 Å². The van der Waals surface area contributed by atoms with Gasteiger partial charge in [0.2, 0.25) is 0 Å². The van der Waals surface area contributed by atoms with Gasteiger partial charge in [-0.2, -0.15) is 0 Å². The van der Waals surface area contributed by atoms with Crippen LogP contribution >= 0.6 is 11.3 Å². The summed E-state index contributed by atoms with van der Waals surface area (Å²) in [6.45, 7) is 7.44. The molecular weight excluding hydrogens is 320 g/mol. The maximum absolute atomic E-state index is 5.57. The van der Waals surface area contributed by atoms with Gasteiger partial charge in [-0.05, 0) is 25.0 Å². The molecule has 0 radical (unpaired) electrons. The first kappa shape index (κ1) is 15.8. The Hall–Kier alpha value is -1.66. The third-order valence-corrected chi connectivity index (χ3v) is 5.90. The second kappa shape index (κ2) is 7.07. The number of nitrogens with zero attached hydrogens (tertiary/aromatic N) is 4. The Balaban J connectivity index is 1.36. The minimum atomic E-state index is 0.244. The van der Waals surface area contributed by atoms with Gasteiger partial charge in [-0.3, -0.25) is 4.90 Å². The highest BCUT2D eigenvalue weighted by molar-refractivity contribution is 7.22. The predicted octanol–water partition coefficient (Wildman–Crippen LogP) is 3.36. The van der Waals surface area contributed by atoms with Crippen LogP contribution in [-0.2, 0) is 4.84 Å². The van der Waals surface area contributed by atoms with Crippen molar-refractivity contribution in [1.29, 1.82) is 0 Å². The fourth-order valence-electron chi connectivity index (χ4n) is 3.42. The molecule has 2 aliphatic heterocycles. The molecular formula is C18H24N4OS. The summed E-state index contributed by atoms with van der Waals surface area (Å²) in [5.74, 6) is 0. The fourth-order valence-corrected chi connectivity index (χ4v) is 4.44. The Morgan fingerprint density at radius 3 is 2.96 bits per heavy atom. The lowest BCUT2D eigenvalue weighted by Gasteiger charge is -2.23. The molecule has 1 aromatic heterocycles. The SMILES string of the molecule is CCC1=NO[C@@H](CN2CCCN(c3nc4ccccc4s3)CC2)C1. The van der Waals surface area contributed by atoms with Crippen molar-refractivity contribution in [2.45, 2.75) is 32.3 Å².